The first-order valence-corrected chi connectivity index (χ1v) is 11.6. The van der Waals surface area contributed by atoms with Gasteiger partial charge in [0.05, 0.1) is 6.54 Å². The van der Waals surface area contributed by atoms with Gasteiger partial charge in [0.15, 0.2) is 0 Å². The van der Waals surface area contributed by atoms with Crippen molar-refractivity contribution < 1.29 is 9.53 Å². The Hall–Kier alpha value is -3.75. The largest absolute Gasteiger partial charge is 0.492 e. The number of ether oxygens (including phenoxy) is 1. The molecule has 4 rings (SSSR count). The highest BCUT2D eigenvalue weighted by Crippen LogP contribution is 2.19. The predicted molar refractivity (Wildman–Crippen MR) is 129 cm³/mol. The first-order chi connectivity index (χ1) is 16.4. The lowest BCUT2D eigenvalue weighted by atomic mass is 10.2. The average Bonchev–Trinajstić information content (AvgIpc) is 2.85. The number of nitrogens with zero attached hydrogens (tertiary/aromatic N) is 6. The van der Waals surface area contributed by atoms with E-state index in [0.717, 1.165) is 23.1 Å². The van der Waals surface area contributed by atoms with Gasteiger partial charge in [-0.25, -0.2) is 14.6 Å². The third kappa shape index (κ3) is 5.59. The van der Waals surface area contributed by atoms with E-state index in [2.05, 4.69) is 28.8 Å². The van der Waals surface area contributed by atoms with Gasteiger partial charge in [-0.2, -0.15) is 5.10 Å². The molecule has 1 saturated heterocycles. The molecule has 34 heavy (non-hydrogen) atoms. The van der Waals surface area contributed by atoms with Crippen LogP contribution in [0.25, 0.3) is 0 Å². The standard InChI is InChI=1S/C25H30N6O3/c1-18(2)24-26-19(3)17-22(27-24)29-11-13-30(14-12-29)25(33)21-9-10-23(32)31(28-21)15-16-34-20-7-5-4-6-8-20/h4-10,17-18H,11-16H2,1-3H3. The highest BCUT2D eigenvalue weighted by atomic mass is 16.5. The average molecular weight is 463 g/mol. The second-order valence-corrected chi connectivity index (χ2v) is 8.60. The third-order valence-corrected chi connectivity index (χ3v) is 5.67. The summed E-state index contributed by atoms with van der Waals surface area (Å²) in [5, 5.41) is 4.30. The molecule has 0 N–H and O–H groups in total. The molecule has 178 valence electrons. The summed E-state index contributed by atoms with van der Waals surface area (Å²) in [6, 6.07) is 14.2. The Kier molecular flexibility index (Phi) is 7.20. The summed E-state index contributed by atoms with van der Waals surface area (Å²) in [6.07, 6.45) is 0. The van der Waals surface area contributed by atoms with Crippen molar-refractivity contribution in [2.24, 2.45) is 0 Å². The molecular formula is C25H30N6O3. The van der Waals surface area contributed by atoms with E-state index in [9.17, 15) is 9.59 Å². The Labute approximate surface area is 199 Å². The van der Waals surface area contributed by atoms with Crippen LogP contribution in [0.3, 0.4) is 0 Å². The number of hydrogen-bond acceptors (Lipinski definition) is 7. The van der Waals surface area contributed by atoms with E-state index in [1.165, 1.54) is 16.8 Å². The van der Waals surface area contributed by atoms with Gasteiger partial charge in [0.1, 0.15) is 29.7 Å². The Bertz CT molecular complexity index is 1190. The lowest BCUT2D eigenvalue weighted by Gasteiger charge is -2.35. The molecule has 3 heterocycles. The van der Waals surface area contributed by atoms with Crippen LogP contribution in [0.5, 0.6) is 5.75 Å². The summed E-state index contributed by atoms with van der Waals surface area (Å²) in [4.78, 5) is 38.5. The van der Waals surface area contributed by atoms with E-state index in [1.807, 2.05) is 43.3 Å². The Balaban J connectivity index is 1.37. The van der Waals surface area contributed by atoms with Crippen LogP contribution in [0.2, 0.25) is 0 Å². The van der Waals surface area contributed by atoms with Crippen molar-refractivity contribution in [3.8, 4) is 5.75 Å². The van der Waals surface area contributed by atoms with Gasteiger partial charge in [-0.3, -0.25) is 9.59 Å². The highest BCUT2D eigenvalue weighted by Gasteiger charge is 2.25. The Morgan fingerprint density at radius 1 is 1.03 bits per heavy atom. The Morgan fingerprint density at radius 2 is 1.76 bits per heavy atom. The van der Waals surface area contributed by atoms with Crippen molar-refractivity contribution in [1.29, 1.82) is 0 Å². The molecule has 0 spiro atoms. The normalized spacial score (nSPS) is 13.9. The molecule has 0 atom stereocenters. The van der Waals surface area contributed by atoms with E-state index >= 15 is 0 Å². The molecular weight excluding hydrogens is 432 g/mol. The van der Waals surface area contributed by atoms with Gasteiger partial charge >= 0.3 is 0 Å². The number of hydrogen-bond donors (Lipinski definition) is 0. The zero-order valence-electron chi connectivity index (χ0n) is 19.8. The summed E-state index contributed by atoms with van der Waals surface area (Å²) in [7, 11) is 0. The van der Waals surface area contributed by atoms with Crippen molar-refractivity contribution >= 4 is 11.7 Å². The van der Waals surface area contributed by atoms with Gasteiger partial charge in [0, 0.05) is 49.9 Å². The second kappa shape index (κ2) is 10.5. The van der Waals surface area contributed by atoms with Crippen molar-refractivity contribution in [3.63, 3.8) is 0 Å². The lowest BCUT2D eigenvalue weighted by Crippen LogP contribution is -2.49. The smallest absolute Gasteiger partial charge is 0.274 e. The number of carbonyl (C=O) groups excluding carboxylic acids is 1. The number of amides is 1. The molecule has 0 unspecified atom stereocenters. The number of aromatic nitrogens is 4. The molecule has 0 bridgehead atoms. The van der Waals surface area contributed by atoms with Gasteiger partial charge in [-0.05, 0) is 25.1 Å². The summed E-state index contributed by atoms with van der Waals surface area (Å²) < 4.78 is 6.94. The van der Waals surface area contributed by atoms with E-state index in [4.69, 9.17) is 9.72 Å². The zero-order chi connectivity index (χ0) is 24.1. The van der Waals surface area contributed by atoms with E-state index in [0.29, 0.717) is 26.2 Å². The van der Waals surface area contributed by atoms with E-state index < -0.39 is 0 Å². The monoisotopic (exact) mass is 462 g/mol. The minimum atomic E-state index is -0.266. The summed E-state index contributed by atoms with van der Waals surface area (Å²) in [5.41, 5.74) is 0.931. The van der Waals surface area contributed by atoms with Crippen molar-refractivity contribution in [2.45, 2.75) is 33.2 Å². The number of aryl methyl sites for hydroxylation is 1. The van der Waals surface area contributed by atoms with Gasteiger partial charge in [0.2, 0.25) is 0 Å². The highest BCUT2D eigenvalue weighted by molar-refractivity contribution is 5.92. The lowest BCUT2D eigenvalue weighted by molar-refractivity contribution is 0.0737. The van der Waals surface area contributed by atoms with Crippen LogP contribution in [0.4, 0.5) is 5.82 Å². The molecule has 1 aliphatic rings. The van der Waals surface area contributed by atoms with Crippen molar-refractivity contribution in [1.82, 2.24) is 24.6 Å². The van der Waals surface area contributed by atoms with Crippen molar-refractivity contribution in [2.75, 3.05) is 37.7 Å². The Morgan fingerprint density at radius 3 is 2.47 bits per heavy atom. The fraction of sp³-hybridized carbons (Fsp3) is 0.400. The summed E-state index contributed by atoms with van der Waals surface area (Å²) in [5.74, 6) is 2.52. The zero-order valence-corrected chi connectivity index (χ0v) is 19.8. The van der Waals surface area contributed by atoms with Crippen LogP contribution >= 0.6 is 0 Å². The van der Waals surface area contributed by atoms with Crippen LogP contribution in [0.1, 0.15) is 41.8 Å². The molecule has 0 aliphatic carbocycles. The van der Waals surface area contributed by atoms with Gasteiger partial charge < -0.3 is 14.5 Å². The van der Waals surface area contributed by atoms with Crippen LogP contribution in [0.15, 0.2) is 53.3 Å². The molecule has 1 aliphatic heterocycles. The van der Waals surface area contributed by atoms with Crippen LogP contribution in [-0.4, -0.2) is 63.3 Å². The number of rotatable bonds is 7. The summed E-state index contributed by atoms with van der Waals surface area (Å²) in [6.45, 7) is 9.12. The molecule has 9 nitrogen and oxygen atoms in total. The van der Waals surface area contributed by atoms with Crippen LogP contribution in [0, 0.1) is 6.92 Å². The topological polar surface area (TPSA) is 93.5 Å². The maximum Gasteiger partial charge on any atom is 0.274 e. The molecule has 3 aromatic rings. The molecule has 1 amide bonds. The number of para-hydroxylation sites is 1. The van der Waals surface area contributed by atoms with Gasteiger partial charge in [-0.1, -0.05) is 32.0 Å². The maximum absolute atomic E-state index is 13.1. The van der Waals surface area contributed by atoms with Crippen LogP contribution < -0.4 is 15.2 Å². The molecule has 0 saturated carbocycles. The fourth-order valence-electron chi connectivity index (χ4n) is 3.79. The van der Waals surface area contributed by atoms with E-state index in [-0.39, 0.29) is 36.2 Å². The summed E-state index contributed by atoms with van der Waals surface area (Å²) >= 11 is 0. The predicted octanol–water partition coefficient (Wildman–Crippen LogP) is 2.51. The maximum atomic E-state index is 13.1. The van der Waals surface area contributed by atoms with Crippen molar-refractivity contribution in [3.05, 3.63) is 76.1 Å². The molecule has 2 aromatic heterocycles. The second-order valence-electron chi connectivity index (χ2n) is 8.60. The number of benzene rings is 1. The molecule has 1 aromatic carbocycles. The minimum Gasteiger partial charge on any atom is -0.492 e. The van der Waals surface area contributed by atoms with Gasteiger partial charge in [0.25, 0.3) is 11.5 Å². The third-order valence-electron chi connectivity index (χ3n) is 5.67. The molecule has 0 radical (unpaired) electrons. The molecule has 1 fully saturated rings. The number of carbonyl (C=O) groups is 1. The fourth-order valence-corrected chi connectivity index (χ4v) is 3.79. The number of anilines is 1. The minimum absolute atomic E-state index is 0.181. The quantitative estimate of drug-likeness (QED) is 0.533. The van der Waals surface area contributed by atoms with E-state index in [1.54, 1.807) is 4.90 Å². The van der Waals surface area contributed by atoms with Gasteiger partial charge in [-0.15, -0.1) is 0 Å². The van der Waals surface area contributed by atoms with Crippen LogP contribution in [-0.2, 0) is 6.54 Å². The SMILES string of the molecule is Cc1cc(N2CCN(C(=O)c3ccc(=O)n(CCOc4ccccc4)n3)CC2)nc(C(C)C)n1. The molecule has 9 heteroatoms. The first-order valence-electron chi connectivity index (χ1n) is 11.6. The number of piperazine rings is 1. The first kappa shape index (κ1) is 23.4.